The van der Waals surface area contributed by atoms with Gasteiger partial charge in [-0.25, -0.2) is 4.79 Å². The van der Waals surface area contributed by atoms with Gasteiger partial charge in [0.25, 0.3) is 0 Å². The van der Waals surface area contributed by atoms with Gasteiger partial charge >= 0.3 is 6.09 Å². The minimum absolute atomic E-state index is 0.244. The molecule has 1 amide bonds. The Morgan fingerprint density at radius 3 is 2.50 bits per heavy atom. The Bertz CT molecular complexity index is 754. The third-order valence-electron chi connectivity index (χ3n) is 4.07. The van der Waals surface area contributed by atoms with Gasteiger partial charge in [-0.15, -0.1) is 0 Å². The van der Waals surface area contributed by atoms with Crippen molar-refractivity contribution in [3.05, 3.63) is 18.3 Å². The van der Waals surface area contributed by atoms with Crippen LogP contribution in [0.15, 0.2) is 18.3 Å². The second-order valence-electron chi connectivity index (χ2n) is 7.19. The summed E-state index contributed by atoms with van der Waals surface area (Å²) in [6.07, 6.45) is 1.74. The number of nitrogen functional groups attached to an aromatic ring is 1. The molecule has 1 aliphatic rings. The molecule has 0 aliphatic carbocycles. The van der Waals surface area contributed by atoms with E-state index < -0.39 is 5.60 Å². The minimum atomic E-state index is -0.465. The Balaban J connectivity index is 1.74. The zero-order valence-electron chi connectivity index (χ0n) is 14.7. The molecule has 1 aliphatic heterocycles. The van der Waals surface area contributed by atoms with E-state index in [0.717, 1.165) is 29.7 Å². The van der Waals surface area contributed by atoms with E-state index in [2.05, 4.69) is 10.00 Å². The summed E-state index contributed by atoms with van der Waals surface area (Å²) < 4.78 is 7.23. The number of benzene rings is 1. The second-order valence-corrected chi connectivity index (χ2v) is 7.19. The molecule has 0 bridgehead atoms. The molecule has 130 valence electrons. The molecule has 7 nitrogen and oxygen atoms in total. The maximum atomic E-state index is 12.2. The number of aryl methyl sites for hydroxylation is 1. The van der Waals surface area contributed by atoms with Crippen LogP contribution in [-0.2, 0) is 11.8 Å². The van der Waals surface area contributed by atoms with Crippen molar-refractivity contribution in [2.24, 2.45) is 7.05 Å². The van der Waals surface area contributed by atoms with Gasteiger partial charge in [0.2, 0.25) is 0 Å². The molecule has 2 heterocycles. The number of hydrogen-bond donors (Lipinski definition) is 1. The van der Waals surface area contributed by atoms with E-state index in [1.165, 1.54) is 0 Å². The van der Waals surface area contributed by atoms with Gasteiger partial charge < -0.3 is 20.3 Å². The fraction of sp³-hybridized carbons (Fsp3) is 0.529. The van der Waals surface area contributed by atoms with E-state index in [1.54, 1.807) is 9.58 Å². The quantitative estimate of drug-likeness (QED) is 0.811. The third kappa shape index (κ3) is 3.25. The Kier molecular flexibility index (Phi) is 4.03. The first-order valence-corrected chi connectivity index (χ1v) is 8.19. The van der Waals surface area contributed by atoms with Crippen molar-refractivity contribution >= 4 is 28.4 Å². The van der Waals surface area contributed by atoms with Gasteiger partial charge in [0.1, 0.15) is 11.1 Å². The molecule has 1 saturated heterocycles. The lowest BCUT2D eigenvalue weighted by Gasteiger charge is -2.37. The van der Waals surface area contributed by atoms with Crippen molar-refractivity contribution in [2.45, 2.75) is 26.4 Å². The van der Waals surface area contributed by atoms with E-state index in [4.69, 9.17) is 10.5 Å². The van der Waals surface area contributed by atoms with Crippen molar-refractivity contribution in [3.8, 4) is 0 Å². The number of carbonyl (C=O) groups is 1. The van der Waals surface area contributed by atoms with E-state index in [9.17, 15) is 4.79 Å². The number of rotatable bonds is 1. The zero-order chi connectivity index (χ0) is 17.5. The lowest BCUT2D eigenvalue weighted by atomic mass is 10.1. The summed E-state index contributed by atoms with van der Waals surface area (Å²) in [6, 6.07) is 3.92. The number of piperazine rings is 1. The molecule has 3 rings (SSSR count). The maximum Gasteiger partial charge on any atom is 0.410 e. The van der Waals surface area contributed by atoms with Gasteiger partial charge in [0, 0.05) is 50.5 Å². The van der Waals surface area contributed by atoms with Crippen LogP contribution in [0.1, 0.15) is 20.8 Å². The average molecular weight is 331 g/mol. The number of anilines is 2. The first-order valence-electron chi connectivity index (χ1n) is 8.19. The molecule has 2 aromatic rings. The Morgan fingerprint density at radius 1 is 1.21 bits per heavy atom. The van der Waals surface area contributed by atoms with Crippen LogP contribution in [-0.4, -0.2) is 52.6 Å². The van der Waals surface area contributed by atoms with Crippen LogP contribution in [0.4, 0.5) is 16.2 Å². The Labute approximate surface area is 141 Å². The monoisotopic (exact) mass is 331 g/mol. The molecule has 1 aromatic heterocycles. The van der Waals surface area contributed by atoms with Gasteiger partial charge in [-0.1, -0.05) is 0 Å². The first kappa shape index (κ1) is 16.4. The molecule has 1 aromatic carbocycles. The zero-order valence-corrected chi connectivity index (χ0v) is 14.7. The lowest BCUT2D eigenvalue weighted by molar-refractivity contribution is 0.0241. The molecule has 0 radical (unpaired) electrons. The van der Waals surface area contributed by atoms with Crippen LogP contribution < -0.4 is 10.6 Å². The van der Waals surface area contributed by atoms with Crippen LogP contribution in [0.2, 0.25) is 0 Å². The molecular weight excluding hydrogens is 306 g/mol. The van der Waals surface area contributed by atoms with Crippen LogP contribution in [0.3, 0.4) is 0 Å². The van der Waals surface area contributed by atoms with Crippen LogP contribution in [0.5, 0.6) is 0 Å². The number of nitrogens with zero attached hydrogens (tertiary/aromatic N) is 4. The van der Waals surface area contributed by atoms with Crippen LogP contribution in [0.25, 0.3) is 10.9 Å². The standard InChI is InChI=1S/C17H25N5O2/c1-17(2,3)24-16(23)22-9-7-21(8-10-22)14-6-5-13(18)15-12(14)11-20(4)19-15/h5-6,11H,7-10,18H2,1-4H3. The fourth-order valence-electron chi connectivity index (χ4n) is 2.96. The smallest absolute Gasteiger partial charge is 0.410 e. The fourth-order valence-corrected chi connectivity index (χ4v) is 2.96. The van der Waals surface area contributed by atoms with Crippen molar-refractivity contribution in [3.63, 3.8) is 0 Å². The molecule has 0 unspecified atom stereocenters. The van der Waals surface area contributed by atoms with Gasteiger partial charge in [-0.05, 0) is 32.9 Å². The molecule has 0 atom stereocenters. The summed E-state index contributed by atoms with van der Waals surface area (Å²) in [7, 11) is 1.89. The number of carbonyl (C=O) groups excluding carboxylic acids is 1. The van der Waals surface area contributed by atoms with Crippen molar-refractivity contribution < 1.29 is 9.53 Å². The molecule has 0 spiro atoms. The van der Waals surface area contributed by atoms with Gasteiger partial charge in [0.15, 0.2) is 0 Å². The van der Waals surface area contributed by atoms with Gasteiger partial charge in [0.05, 0.1) is 5.69 Å². The summed E-state index contributed by atoms with van der Waals surface area (Å²) in [6.45, 7) is 8.44. The predicted octanol–water partition coefficient (Wildman–Crippen LogP) is 2.21. The first-order chi connectivity index (χ1) is 11.2. The third-order valence-corrected chi connectivity index (χ3v) is 4.07. The molecule has 1 fully saturated rings. The lowest BCUT2D eigenvalue weighted by Crippen LogP contribution is -2.50. The highest BCUT2D eigenvalue weighted by atomic mass is 16.6. The van der Waals surface area contributed by atoms with Gasteiger partial charge in [-0.2, -0.15) is 5.10 Å². The topological polar surface area (TPSA) is 76.6 Å². The van der Waals surface area contributed by atoms with E-state index in [0.29, 0.717) is 18.8 Å². The molecule has 24 heavy (non-hydrogen) atoms. The van der Waals surface area contributed by atoms with E-state index in [-0.39, 0.29) is 6.09 Å². The number of hydrogen-bond acceptors (Lipinski definition) is 5. The average Bonchev–Trinajstić information content (AvgIpc) is 2.88. The Morgan fingerprint density at radius 2 is 1.88 bits per heavy atom. The number of amides is 1. The molecule has 0 saturated carbocycles. The highest BCUT2D eigenvalue weighted by molar-refractivity contribution is 5.98. The number of fused-ring (bicyclic) bond motifs is 1. The SMILES string of the molecule is Cn1cc2c(N3CCN(C(=O)OC(C)(C)C)CC3)ccc(N)c2n1. The number of ether oxygens (including phenoxy) is 1. The van der Waals surface area contributed by atoms with Crippen molar-refractivity contribution in [2.75, 3.05) is 36.8 Å². The van der Waals surface area contributed by atoms with Gasteiger partial charge in [-0.3, -0.25) is 4.68 Å². The van der Waals surface area contributed by atoms with E-state index >= 15 is 0 Å². The predicted molar refractivity (Wildman–Crippen MR) is 95.1 cm³/mol. The highest BCUT2D eigenvalue weighted by Crippen LogP contribution is 2.30. The summed E-state index contributed by atoms with van der Waals surface area (Å²) in [5.74, 6) is 0. The summed E-state index contributed by atoms with van der Waals surface area (Å²) in [4.78, 5) is 16.2. The normalized spacial score (nSPS) is 15.8. The number of nitrogens with two attached hydrogens (primary N) is 1. The number of aromatic nitrogens is 2. The van der Waals surface area contributed by atoms with Crippen molar-refractivity contribution in [1.82, 2.24) is 14.7 Å². The van der Waals surface area contributed by atoms with E-state index in [1.807, 2.05) is 46.1 Å². The summed E-state index contributed by atoms with van der Waals surface area (Å²) in [5, 5.41) is 5.48. The molecule has 7 heteroatoms. The maximum absolute atomic E-state index is 12.2. The van der Waals surface area contributed by atoms with Crippen molar-refractivity contribution in [1.29, 1.82) is 0 Å². The minimum Gasteiger partial charge on any atom is -0.444 e. The summed E-state index contributed by atoms with van der Waals surface area (Å²) in [5.41, 5.74) is 8.17. The summed E-state index contributed by atoms with van der Waals surface area (Å²) >= 11 is 0. The molecule has 2 N–H and O–H groups in total. The largest absolute Gasteiger partial charge is 0.444 e. The Hall–Kier alpha value is -2.44. The van der Waals surface area contributed by atoms with Crippen LogP contribution in [0, 0.1) is 0 Å². The highest BCUT2D eigenvalue weighted by Gasteiger charge is 2.26. The second kappa shape index (κ2) is 5.89. The van der Waals surface area contributed by atoms with Crippen LogP contribution >= 0.6 is 0 Å². The molecular formula is C17H25N5O2.